The molecule has 0 spiro atoms. The molecule has 0 radical (unpaired) electrons. The normalized spacial score (nSPS) is 11.9. The average Bonchev–Trinajstić information content (AvgIpc) is 3.27. The maximum Gasteiger partial charge on any atom is 0.164 e. The fraction of sp³-hybridized carbons (Fsp3) is 0. The van der Waals surface area contributed by atoms with Gasteiger partial charge in [0.1, 0.15) is 0 Å². The van der Waals surface area contributed by atoms with Crippen LogP contribution in [0.4, 0.5) is 0 Å². The molecule has 0 unspecified atom stereocenters. The van der Waals surface area contributed by atoms with Gasteiger partial charge in [0, 0.05) is 36.3 Å². The van der Waals surface area contributed by atoms with Gasteiger partial charge in [-0.1, -0.05) is 158 Å². The van der Waals surface area contributed by atoms with Gasteiger partial charge < -0.3 is 0 Å². The van der Waals surface area contributed by atoms with Gasteiger partial charge in [0.25, 0.3) is 0 Å². The van der Waals surface area contributed by atoms with Crippen LogP contribution < -0.4 is 0 Å². The standard InChI is InChI=1S/C51H35N3S/c1-5-19-37(20-6-1)49-52-50(54-51(53-49)48-35-47-43-29-14-13-18-36(43)32-33-46(47)44-30-15-16-31-45(44)48)38-21-17-28-42(34-38)55(39-22-7-2-8-23-39,40-24-9-3-10-25-40)41-26-11-4-12-27-41/h1-35H. The summed E-state index contributed by atoms with van der Waals surface area (Å²) in [6, 6.07) is 75.8. The molecule has 0 bridgehead atoms. The van der Waals surface area contributed by atoms with Crippen LogP contribution in [0.2, 0.25) is 0 Å². The lowest BCUT2D eigenvalue weighted by atomic mass is 9.93. The summed E-state index contributed by atoms with van der Waals surface area (Å²) in [5.41, 5.74) is 2.86. The first-order valence-corrected chi connectivity index (χ1v) is 20.1. The van der Waals surface area contributed by atoms with Gasteiger partial charge in [-0.2, -0.15) is 0 Å². The molecule has 10 aromatic rings. The fourth-order valence-corrected chi connectivity index (χ4v) is 11.8. The fourth-order valence-electron chi connectivity index (χ4n) is 7.90. The third-order valence-electron chi connectivity index (χ3n) is 10.4. The Hall–Kier alpha value is -6.88. The van der Waals surface area contributed by atoms with Crippen molar-refractivity contribution in [2.75, 3.05) is 0 Å². The van der Waals surface area contributed by atoms with E-state index in [1.165, 1.54) is 46.5 Å². The summed E-state index contributed by atoms with van der Waals surface area (Å²) in [4.78, 5) is 20.8. The summed E-state index contributed by atoms with van der Waals surface area (Å²) in [6.45, 7) is 0. The van der Waals surface area contributed by atoms with E-state index in [0.29, 0.717) is 17.5 Å². The van der Waals surface area contributed by atoms with Crippen molar-refractivity contribution in [1.82, 2.24) is 15.0 Å². The molecule has 3 nitrogen and oxygen atoms in total. The number of aromatic nitrogens is 3. The van der Waals surface area contributed by atoms with Gasteiger partial charge in [0.05, 0.1) is 0 Å². The van der Waals surface area contributed by atoms with Crippen molar-refractivity contribution < 1.29 is 0 Å². The third-order valence-corrected chi connectivity index (χ3v) is 14.3. The molecule has 4 heteroatoms. The van der Waals surface area contributed by atoms with Crippen LogP contribution in [0, 0.1) is 0 Å². The van der Waals surface area contributed by atoms with E-state index >= 15 is 0 Å². The molecule has 0 atom stereocenters. The molecule has 0 aliphatic rings. The predicted molar refractivity (Wildman–Crippen MR) is 229 cm³/mol. The molecule has 0 amide bonds. The van der Waals surface area contributed by atoms with Gasteiger partial charge in [-0.25, -0.2) is 15.0 Å². The zero-order chi connectivity index (χ0) is 36.6. The number of hydrogen-bond acceptors (Lipinski definition) is 3. The highest BCUT2D eigenvalue weighted by Crippen LogP contribution is 2.73. The molecule has 0 aliphatic carbocycles. The molecule has 1 heterocycles. The number of benzene rings is 9. The van der Waals surface area contributed by atoms with Crippen LogP contribution in [0.3, 0.4) is 0 Å². The van der Waals surface area contributed by atoms with E-state index in [9.17, 15) is 0 Å². The summed E-state index contributed by atoms with van der Waals surface area (Å²) in [6.07, 6.45) is 0. The lowest BCUT2D eigenvalue weighted by Crippen LogP contribution is -2.06. The maximum atomic E-state index is 5.36. The number of nitrogens with zero attached hydrogens (tertiary/aromatic N) is 3. The zero-order valence-corrected chi connectivity index (χ0v) is 30.8. The van der Waals surface area contributed by atoms with Crippen LogP contribution >= 0.6 is 10.0 Å². The van der Waals surface area contributed by atoms with Crippen LogP contribution in [0.15, 0.2) is 232 Å². The van der Waals surface area contributed by atoms with Gasteiger partial charge in [-0.3, -0.25) is 0 Å². The van der Waals surface area contributed by atoms with Crippen molar-refractivity contribution in [3.05, 3.63) is 212 Å². The molecule has 0 fully saturated rings. The Labute approximate surface area is 322 Å². The molecule has 0 aliphatic heterocycles. The molecule has 0 saturated carbocycles. The van der Waals surface area contributed by atoms with Crippen LogP contribution in [-0.4, -0.2) is 15.0 Å². The van der Waals surface area contributed by atoms with Gasteiger partial charge >= 0.3 is 0 Å². The lowest BCUT2D eigenvalue weighted by Gasteiger charge is -2.42. The molecular weight excluding hydrogens is 687 g/mol. The van der Waals surface area contributed by atoms with Crippen LogP contribution in [0.1, 0.15) is 0 Å². The van der Waals surface area contributed by atoms with Crippen molar-refractivity contribution in [3.8, 4) is 34.2 Å². The van der Waals surface area contributed by atoms with E-state index in [2.05, 4.69) is 194 Å². The minimum absolute atomic E-state index is 0.635. The van der Waals surface area contributed by atoms with E-state index in [0.717, 1.165) is 22.1 Å². The highest BCUT2D eigenvalue weighted by molar-refractivity contribution is 8.34. The molecule has 260 valence electrons. The zero-order valence-electron chi connectivity index (χ0n) is 30.0. The Bertz CT molecular complexity index is 2870. The van der Waals surface area contributed by atoms with E-state index in [1.807, 2.05) is 18.2 Å². The van der Waals surface area contributed by atoms with Gasteiger partial charge in [0.2, 0.25) is 0 Å². The Morgan fingerprint density at radius 3 is 1.36 bits per heavy atom. The Morgan fingerprint density at radius 2 is 0.727 bits per heavy atom. The van der Waals surface area contributed by atoms with Gasteiger partial charge in [-0.15, -0.1) is 10.0 Å². The van der Waals surface area contributed by atoms with E-state index in [4.69, 9.17) is 15.0 Å². The van der Waals surface area contributed by atoms with Crippen molar-refractivity contribution in [1.29, 1.82) is 0 Å². The summed E-state index contributed by atoms with van der Waals surface area (Å²) < 4.78 is 0. The number of rotatable bonds is 7. The maximum absolute atomic E-state index is 5.36. The first-order valence-electron chi connectivity index (χ1n) is 18.5. The summed E-state index contributed by atoms with van der Waals surface area (Å²) in [5.74, 6) is 1.92. The molecule has 55 heavy (non-hydrogen) atoms. The molecular formula is C51H35N3S. The Balaban J connectivity index is 1.25. The second kappa shape index (κ2) is 13.8. The first-order chi connectivity index (χ1) is 27.3. The molecule has 0 N–H and O–H groups in total. The smallest absolute Gasteiger partial charge is 0.164 e. The number of fused-ring (bicyclic) bond motifs is 5. The van der Waals surface area contributed by atoms with Gasteiger partial charge in [-0.05, 0) is 86.9 Å². The van der Waals surface area contributed by atoms with E-state index < -0.39 is 10.0 Å². The highest BCUT2D eigenvalue weighted by atomic mass is 32.3. The topological polar surface area (TPSA) is 38.7 Å². The predicted octanol–water partition coefficient (Wildman–Crippen LogP) is 13.7. The molecule has 0 saturated heterocycles. The van der Waals surface area contributed by atoms with E-state index in [1.54, 1.807) is 0 Å². The third kappa shape index (κ3) is 5.67. The van der Waals surface area contributed by atoms with E-state index in [-0.39, 0.29) is 0 Å². The van der Waals surface area contributed by atoms with Gasteiger partial charge in [0.15, 0.2) is 17.5 Å². The second-order valence-electron chi connectivity index (χ2n) is 13.6. The highest BCUT2D eigenvalue weighted by Gasteiger charge is 2.33. The minimum atomic E-state index is -1.91. The van der Waals surface area contributed by atoms with Crippen molar-refractivity contribution >= 4 is 42.3 Å². The average molecular weight is 722 g/mol. The summed E-state index contributed by atoms with van der Waals surface area (Å²) >= 11 is 0. The molecule has 10 rings (SSSR count). The van der Waals surface area contributed by atoms with Crippen molar-refractivity contribution in [2.45, 2.75) is 19.6 Å². The minimum Gasteiger partial charge on any atom is -0.208 e. The largest absolute Gasteiger partial charge is 0.208 e. The monoisotopic (exact) mass is 721 g/mol. The van der Waals surface area contributed by atoms with Crippen LogP contribution in [0.25, 0.3) is 66.5 Å². The Kier molecular flexibility index (Phi) is 8.24. The quantitative estimate of drug-likeness (QED) is 0.154. The second-order valence-corrected chi connectivity index (χ2v) is 16.7. The molecule has 1 aromatic heterocycles. The van der Waals surface area contributed by atoms with Crippen LogP contribution in [0.5, 0.6) is 0 Å². The summed E-state index contributed by atoms with van der Waals surface area (Å²) in [7, 11) is -1.91. The summed E-state index contributed by atoms with van der Waals surface area (Å²) in [5, 5.41) is 7.09. The number of hydrogen-bond donors (Lipinski definition) is 0. The SMILES string of the molecule is c1ccc(-c2nc(-c3cccc(S(c4ccccc4)(c4ccccc4)c4ccccc4)c3)nc(-c3cc4c5ccccc5ccc4c4ccccc34)n2)cc1. The van der Waals surface area contributed by atoms with Crippen LogP contribution in [-0.2, 0) is 0 Å². The van der Waals surface area contributed by atoms with Crippen molar-refractivity contribution in [3.63, 3.8) is 0 Å². The molecule has 9 aromatic carbocycles. The lowest BCUT2D eigenvalue weighted by molar-refractivity contribution is 1.07. The van der Waals surface area contributed by atoms with Crippen molar-refractivity contribution in [2.24, 2.45) is 0 Å². The first kappa shape index (κ1) is 32.7. The Morgan fingerprint density at radius 1 is 0.273 bits per heavy atom.